The van der Waals surface area contributed by atoms with Crippen molar-refractivity contribution in [3.8, 4) is 0 Å². The van der Waals surface area contributed by atoms with E-state index < -0.39 is 0 Å². The summed E-state index contributed by atoms with van der Waals surface area (Å²) in [5.41, 5.74) is 2.45. The Kier molecular flexibility index (Phi) is 6.30. The van der Waals surface area contributed by atoms with Crippen molar-refractivity contribution in [2.45, 2.75) is 37.8 Å². The van der Waals surface area contributed by atoms with E-state index in [2.05, 4.69) is 69.7 Å². The Morgan fingerprint density at radius 2 is 1.71 bits per heavy atom. The van der Waals surface area contributed by atoms with E-state index in [1.165, 1.54) is 15.3 Å². The summed E-state index contributed by atoms with van der Waals surface area (Å²) in [5.74, 6) is 0.697. The number of benzene rings is 2. The van der Waals surface area contributed by atoms with E-state index in [0.717, 1.165) is 57.5 Å². The number of hydrogen-bond donors (Lipinski definition) is 1. The fraction of sp³-hybridized carbons (Fsp3) is 0.440. The molecule has 5 nitrogen and oxygen atoms in total. The summed E-state index contributed by atoms with van der Waals surface area (Å²) >= 11 is 1.83. The Balaban J connectivity index is 1.06. The lowest BCUT2D eigenvalue weighted by atomic mass is 9.97. The van der Waals surface area contributed by atoms with Crippen LogP contribution in [0, 0.1) is 0 Å². The van der Waals surface area contributed by atoms with Gasteiger partial charge in [0, 0.05) is 31.6 Å². The number of rotatable bonds is 6. The fourth-order valence-electron chi connectivity index (χ4n) is 4.81. The number of amides is 1. The highest BCUT2D eigenvalue weighted by Crippen LogP contribution is 2.33. The molecule has 0 bridgehead atoms. The summed E-state index contributed by atoms with van der Waals surface area (Å²) in [7, 11) is 0. The number of para-hydroxylation sites is 1. The zero-order chi connectivity index (χ0) is 21.0. The first-order valence-electron chi connectivity index (χ1n) is 11.4. The molecule has 2 aromatic carbocycles. The van der Waals surface area contributed by atoms with Crippen LogP contribution in [0.3, 0.4) is 0 Å². The van der Waals surface area contributed by atoms with Gasteiger partial charge >= 0.3 is 0 Å². The number of fused-ring (bicyclic) bond motifs is 1. The van der Waals surface area contributed by atoms with E-state index >= 15 is 0 Å². The van der Waals surface area contributed by atoms with Crippen LogP contribution in [0.15, 0.2) is 54.6 Å². The van der Waals surface area contributed by atoms with Crippen LogP contribution in [0.2, 0.25) is 0 Å². The van der Waals surface area contributed by atoms with Gasteiger partial charge < -0.3 is 5.32 Å². The minimum atomic E-state index is 0.171. The van der Waals surface area contributed by atoms with Gasteiger partial charge in [0.05, 0.1) is 21.8 Å². The summed E-state index contributed by atoms with van der Waals surface area (Å²) in [6.07, 6.45) is 3.21. The van der Waals surface area contributed by atoms with Crippen LogP contribution in [0.5, 0.6) is 0 Å². The number of aromatic nitrogens is 1. The second kappa shape index (κ2) is 9.47. The van der Waals surface area contributed by atoms with Crippen molar-refractivity contribution in [3.63, 3.8) is 0 Å². The van der Waals surface area contributed by atoms with Crippen LogP contribution in [-0.4, -0.2) is 59.5 Å². The minimum absolute atomic E-state index is 0.171. The quantitative estimate of drug-likeness (QED) is 0.640. The standard InChI is InChI=1S/C25H30N4OS/c30-24(26-21-12-15-29(17-21)16-19-6-2-1-3-7-19)18-28-13-10-20(11-14-28)25-27-22-8-4-5-9-23(22)31-25/h1-9,20-21H,10-18H2,(H,26,30)/t21-/m1/s1. The lowest BCUT2D eigenvalue weighted by Gasteiger charge is -2.30. The highest BCUT2D eigenvalue weighted by molar-refractivity contribution is 7.18. The van der Waals surface area contributed by atoms with E-state index in [1.54, 1.807) is 0 Å². The van der Waals surface area contributed by atoms with Gasteiger partial charge in [0.15, 0.2) is 0 Å². The predicted molar refractivity (Wildman–Crippen MR) is 126 cm³/mol. The minimum Gasteiger partial charge on any atom is -0.351 e. The van der Waals surface area contributed by atoms with Crippen LogP contribution in [-0.2, 0) is 11.3 Å². The van der Waals surface area contributed by atoms with E-state index in [9.17, 15) is 4.79 Å². The Labute approximate surface area is 188 Å². The topological polar surface area (TPSA) is 48.5 Å². The number of likely N-dealkylation sites (tertiary alicyclic amines) is 2. The highest BCUT2D eigenvalue weighted by Gasteiger charge is 2.27. The smallest absolute Gasteiger partial charge is 0.234 e. The van der Waals surface area contributed by atoms with Crippen LogP contribution in [0.4, 0.5) is 0 Å². The number of piperidine rings is 1. The summed E-state index contributed by atoms with van der Waals surface area (Å²) < 4.78 is 1.28. The Hall–Kier alpha value is -2.28. The number of thiazole rings is 1. The normalized spacial score (nSPS) is 21.0. The molecule has 3 aromatic rings. The average molecular weight is 435 g/mol. The van der Waals surface area contributed by atoms with Crippen molar-refractivity contribution < 1.29 is 4.79 Å². The predicted octanol–water partition coefficient (Wildman–Crippen LogP) is 3.87. The Morgan fingerprint density at radius 3 is 2.52 bits per heavy atom. The number of nitrogens with zero attached hydrogens (tertiary/aromatic N) is 3. The van der Waals surface area contributed by atoms with Gasteiger partial charge in [-0.05, 0) is 50.0 Å². The molecule has 0 unspecified atom stereocenters. The van der Waals surface area contributed by atoms with Crippen molar-refractivity contribution in [1.29, 1.82) is 0 Å². The second-order valence-electron chi connectivity index (χ2n) is 8.84. The lowest BCUT2D eigenvalue weighted by Crippen LogP contribution is -2.45. The fourth-order valence-corrected chi connectivity index (χ4v) is 5.95. The number of carbonyl (C=O) groups excluding carboxylic acids is 1. The maximum atomic E-state index is 12.6. The number of hydrogen-bond acceptors (Lipinski definition) is 5. The van der Waals surface area contributed by atoms with Crippen molar-refractivity contribution in [3.05, 3.63) is 65.2 Å². The van der Waals surface area contributed by atoms with Gasteiger partial charge in [-0.3, -0.25) is 14.6 Å². The van der Waals surface area contributed by atoms with Gasteiger partial charge in [-0.2, -0.15) is 0 Å². The van der Waals surface area contributed by atoms with Crippen molar-refractivity contribution in [1.82, 2.24) is 20.1 Å². The molecule has 0 saturated carbocycles. The van der Waals surface area contributed by atoms with Crippen molar-refractivity contribution in [2.24, 2.45) is 0 Å². The third-order valence-corrected chi connectivity index (χ3v) is 7.70. The molecule has 5 rings (SSSR count). The molecule has 1 atom stereocenters. The van der Waals surface area contributed by atoms with Gasteiger partial charge in [-0.1, -0.05) is 42.5 Å². The summed E-state index contributed by atoms with van der Waals surface area (Å²) in [5, 5.41) is 4.53. The van der Waals surface area contributed by atoms with Crippen LogP contribution >= 0.6 is 11.3 Å². The molecule has 0 radical (unpaired) electrons. The van der Waals surface area contributed by atoms with E-state index in [0.29, 0.717) is 12.5 Å². The summed E-state index contributed by atoms with van der Waals surface area (Å²) in [6, 6.07) is 19.2. The Bertz CT molecular complexity index is 980. The summed E-state index contributed by atoms with van der Waals surface area (Å²) in [6.45, 7) is 5.42. The zero-order valence-electron chi connectivity index (χ0n) is 17.9. The van der Waals surface area contributed by atoms with Gasteiger partial charge in [-0.15, -0.1) is 11.3 Å². The molecule has 162 valence electrons. The number of nitrogens with one attached hydrogen (secondary N) is 1. The molecule has 31 heavy (non-hydrogen) atoms. The van der Waals surface area contributed by atoms with Crippen LogP contribution < -0.4 is 5.32 Å². The first kappa shape index (κ1) is 20.6. The maximum absolute atomic E-state index is 12.6. The third kappa shape index (κ3) is 5.14. The first-order chi connectivity index (χ1) is 15.2. The van der Waals surface area contributed by atoms with Gasteiger partial charge in [-0.25, -0.2) is 4.98 Å². The highest BCUT2D eigenvalue weighted by atomic mass is 32.1. The molecular formula is C25H30N4OS. The number of carbonyl (C=O) groups is 1. The molecule has 0 spiro atoms. The molecule has 0 aliphatic carbocycles. The molecular weight excluding hydrogens is 404 g/mol. The van der Waals surface area contributed by atoms with E-state index in [4.69, 9.17) is 4.98 Å². The van der Waals surface area contributed by atoms with Crippen LogP contribution in [0.25, 0.3) is 10.2 Å². The molecule has 2 saturated heterocycles. The molecule has 2 fully saturated rings. The summed E-state index contributed by atoms with van der Waals surface area (Å²) in [4.78, 5) is 22.2. The molecule has 1 amide bonds. The molecule has 6 heteroatoms. The Morgan fingerprint density at radius 1 is 0.968 bits per heavy atom. The van der Waals surface area contributed by atoms with Gasteiger partial charge in [0.25, 0.3) is 0 Å². The van der Waals surface area contributed by atoms with Crippen molar-refractivity contribution >= 4 is 27.5 Å². The molecule has 2 aliphatic heterocycles. The second-order valence-corrected chi connectivity index (χ2v) is 9.91. The lowest BCUT2D eigenvalue weighted by molar-refractivity contribution is -0.123. The largest absolute Gasteiger partial charge is 0.351 e. The zero-order valence-corrected chi connectivity index (χ0v) is 18.7. The van der Waals surface area contributed by atoms with Gasteiger partial charge in [0.2, 0.25) is 5.91 Å². The third-order valence-electron chi connectivity index (χ3n) is 6.50. The monoisotopic (exact) mass is 434 g/mol. The van der Waals surface area contributed by atoms with Crippen LogP contribution in [0.1, 0.15) is 35.8 Å². The average Bonchev–Trinajstić information content (AvgIpc) is 3.41. The van der Waals surface area contributed by atoms with Crippen molar-refractivity contribution in [2.75, 3.05) is 32.7 Å². The first-order valence-corrected chi connectivity index (χ1v) is 12.2. The van der Waals surface area contributed by atoms with E-state index in [1.807, 2.05) is 11.3 Å². The molecule has 3 heterocycles. The maximum Gasteiger partial charge on any atom is 0.234 e. The molecule has 1 aromatic heterocycles. The van der Waals surface area contributed by atoms with E-state index in [-0.39, 0.29) is 11.9 Å². The van der Waals surface area contributed by atoms with Gasteiger partial charge in [0.1, 0.15) is 0 Å². The molecule has 2 aliphatic rings. The molecule has 1 N–H and O–H groups in total. The SMILES string of the molecule is O=C(CN1CCC(c2nc3ccccc3s2)CC1)N[C@@H]1CCN(Cc2ccccc2)C1.